The zero-order valence-electron chi connectivity index (χ0n) is 15.8. The van der Waals surface area contributed by atoms with Crippen molar-refractivity contribution in [3.05, 3.63) is 76.6 Å². The smallest absolute Gasteiger partial charge is 0.279 e. The van der Waals surface area contributed by atoms with Crippen LogP contribution in [0.15, 0.2) is 54.6 Å². The molecule has 0 saturated carbocycles. The van der Waals surface area contributed by atoms with E-state index in [9.17, 15) is 4.79 Å². The second-order valence-corrected chi connectivity index (χ2v) is 7.15. The standard InChI is InChI=1S/C21H23ClN4O/c1-15-21(16(2)26(24-15)18-10-5-4-6-11-18)23-20(27)14-25(3)13-17-9-7-8-12-19(17)22/h4-12H,13-14H2,1-3H3,(H,23,27)/p+1. The number of rotatable bonds is 6. The lowest BCUT2D eigenvalue weighted by Gasteiger charge is -2.15. The van der Waals surface area contributed by atoms with Crippen molar-refractivity contribution in [3.8, 4) is 5.69 Å². The maximum atomic E-state index is 12.5. The van der Waals surface area contributed by atoms with E-state index in [4.69, 9.17) is 11.6 Å². The molecule has 0 aliphatic carbocycles. The average molecular weight is 384 g/mol. The monoisotopic (exact) mass is 383 g/mol. The maximum absolute atomic E-state index is 12.5. The molecule has 1 unspecified atom stereocenters. The van der Waals surface area contributed by atoms with E-state index in [1.54, 1.807) is 0 Å². The van der Waals surface area contributed by atoms with Gasteiger partial charge in [0, 0.05) is 10.6 Å². The Morgan fingerprint density at radius 1 is 1.11 bits per heavy atom. The van der Waals surface area contributed by atoms with Crippen molar-refractivity contribution in [2.75, 3.05) is 18.9 Å². The number of likely N-dealkylation sites (N-methyl/N-ethyl adjacent to an activating group) is 1. The highest BCUT2D eigenvalue weighted by molar-refractivity contribution is 6.31. The Morgan fingerprint density at radius 3 is 2.48 bits per heavy atom. The van der Waals surface area contributed by atoms with Gasteiger partial charge in [-0.15, -0.1) is 0 Å². The van der Waals surface area contributed by atoms with Gasteiger partial charge in [-0.05, 0) is 32.0 Å². The molecule has 0 saturated heterocycles. The molecule has 140 valence electrons. The molecule has 1 aromatic heterocycles. The Hall–Kier alpha value is -2.63. The van der Waals surface area contributed by atoms with Gasteiger partial charge in [0.1, 0.15) is 6.54 Å². The Kier molecular flexibility index (Phi) is 5.94. The number of hydrogen-bond acceptors (Lipinski definition) is 2. The Morgan fingerprint density at radius 2 is 1.78 bits per heavy atom. The van der Waals surface area contributed by atoms with E-state index >= 15 is 0 Å². The number of amides is 1. The van der Waals surface area contributed by atoms with Crippen LogP contribution in [0.4, 0.5) is 5.69 Å². The van der Waals surface area contributed by atoms with Crippen molar-refractivity contribution in [2.24, 2.45) is 0 Å². The van der Waals surface area contributed by atoms with Gasteiger partial charge in [0.2, 0.25) is 0 Å². The number of aromatic nitrogens is 2. The first-order chi connectivity index (χ1) is 13.0. The molecule has 3 aromatic rings. The quantitative estimate of drug-likeness (QED) is 0.687. The number of anilines is 1. The van der Waals surface area contributed by atoms with Gasteiger partial charge >= 0.3 is 0 Å². The molecule has 1 heterocycles. The number of nitrogens with one attached hydrogen (secondary N) is 2. The van der Waals surface area contributed by atoms with Crippen LogP contribution in [-0.2, 0) is 11.3 Å². The first-order valence-electron chi connectivity index (χ1n) is 8.92. The van der Waals surface area contributed by atoms with Crippen LogP contribution in [0.5, 0.6) is 0 Å². The minimum Gasteiger partial charge on any atom is -0.326 e. The zero-order chi connectivity index (χ0) is 19.4. The number of quaternary nitrogens is 1. The van der Waals surface area contributed by atoms with Gasteiger partial charge in [-0.1, -0.05) is 48.0 Å². The van der Waals surface area contributed by atoms with Gasteiger partial charge in [0.25, 0.3) is 5.91 Å². The van der Waals surface area contributed by atoms with Crippen LogP contribution in [-0.4, -0.2) is 29.3 Å². The molecule has 1 amide bonds. The minimum absolute atomic E-state index is 0.0432. The van der Waals surface area contributed by atoms with Crippen LogP contribution >= 0.6 is 11.6 Å². The lowest BCUT2D eigenvalue weighted by molar-refractivity contribution is -0.885. The Balaban J connectivity index is 1.68. The Labute approximate surface area is 164 Å². The lowest BCUT2D eigenvalue weighted by atomic mass is 10.2. The van der Waals surface area contributed by atoms with Crippen LogP contribution in [0.25, 0.3) is 5.69 Å². The lowest BCUT2D eigenvalue weighted by Crippen LogP contribution is -3.08. The van der Waals surface area contributed by atoms with Gasteiger partial charge in [-0.25, -0.2) is 4.68 Å². The summed E-state index contributed by atoms with van der Waals surface area (Å²) in [7, 11) is 1.98. The minimum atomic E-state index is -0.0432. The SMILES string of the molecule is Cc1nn(-c2ccccc2)c(C)c1NC(=O)C[NH+](C)Cc1ccccc1Cl. The summed E-state index contributed by atoms with van der Waals surface area (Å²) in [4.78, 5) is 13.6. The molecule has 2 N–H and O–H groups in total. The van der Waals surface area contributed by atoms with Gasteiger partial charge in [0.15, 0.2) is 6.54 Å². The molecule has 27 heavy (non-hydrogen) atoms. The molecule has 1 atom stereocenters. The van der Waals surface area contributed by atoms with E-state index in [2.05, 4.69) is 10.4 Å². The van der Waals surface area contributed by atoms with Gasteiger partial charge in [-0.3, -0.25) is 4.79 Å². The molecule has 0 fully saturated rings. The molecule has 3 rings (SSSR count). The average Bonchev–Trinajstić information content (AvgIpc) is 2.92. The molecular formula is C21H24ClN4O+. The van der Waals surface area contributed by atoms with E-state index < -0.39 is 0 Å². The van der Waals surface area contributed by atoms with Crippen LogP contribution in [0.1, 0.15) is 17.0 Å². The predicted molar refractivity (Wildman–Crippen MR) is 109 cm³/mol. The topological polar surface area (TPSA) is 51.4 Å². The molecule has 5 nitrogen and oxygen atoms in total. The fraction of sp³-hybridized carbons (Fsp3) is 0.238. The molecule has 0 bridgehead atoms. The van der Waals surface area contributed by atoms with E-state index in [1.165, 1.54) is 0 Å². The summed E-state index contributed by atoms with van der Waals surface area (Å²) in [5, 5.41) is 8.32. The summed E-state index contributed by atoms with van der Waals surface area (Å²) in [6, 6.07) is 17.6. The van der Waals surface area contributed by atoms with Crippen molar-refractivity contribution < 1.29 is 9.69 Å². The molecule has 0 spiro atoms. The third-order valence-corrected chi connectivity index (χ3v) is 4.84. The highest BCUT2D eigenvalue weighted by atomic mass is 35.5. The largest absolute Gasteiger partial charge is 0.326 e. The highest BCUT2D eigenvalue weighted by Gasteiger charge is 2.18. The first kappa shape index (κ1) is 19.1. The van der Waals surface area contributed by atoms with Crippen molar-refractivity contribution in [1.82, 2.24) is 9.78 Å². The summed E-state index contributed by atoms with van der Waals surface area (Å²) in [5.41, 5.74) is 4.49. The number of halogens is 1. The molecule has 0 aliphatic heterocycles. The number of carbonyl (C=O) groups excluding carboxylic acids is 1. The number of para-hydroxylation sites is 1. The molecule has 2 aromatic carbocycles. The third kappa shape index (κ3) is 4.56. The normalized spacial score (nSPS) is 12.0. The Bertz CT molecular complexity index is 937. The van der Waals surface area contributed by atoms with Crippen LogP contribution in [0, 0.1) is 13.8 Å². The number of hydrogen-bond donors (Lipinski definition) is 2. The van der Waals surface area contributed by atoms with Gasteiger partial charge in [-0.2, -0.15) is 5.10 Å². The molecular weight excluding hydrogens is 360 g/mol. The molecule has 0 aliphatic rings. The molecule has 6 heteroatoms. The van der Waals surface area contributed by atoms with Crippen LogP contribution in [0.2, 0.25) is 5.02 Å². The van der Waals surface area contributed by atoms with Crippen molar-refractivity contribution >= 4 is 23.2 Å². The second-order valence-electron chi connectivity index (χ2n) is 6.74. The summed E-state index contributed by atoms with van der Waals surface area (Å²) in [5.74, 6) is -0.0432. The fourth-order valence-corrected chi connectivity index (χ4v) is 3.33. The first-order valence-corrected chi connectivity index (χ1v) is 9.29. The van der Waals surface area contributed by atoms with Crippen LogP contribution in [0.3, 0.4) is 0 Å². The summed E-state index contributed by atoms with van der Waals surface area (Å²) < 4.78 is 1.85. The number of nitrogens with zero attached hydrogens (tertiary/aromatic N) is 2. The van der Waals surface area contributed by atoms with Crippen molar-refractivity contribution in [1.29, 1.82) is 0 Å². The number of benzene rings is 2. The van der Waals surface area contributed by atoms with Crippen molar-refractivity contribution in [2.45, 2.75) is 20.4 Å². The van der Waals surface area contributed by atoms with E-state index in [0.29, 0.717) is 13.1 Å². The highest BCUT2D eigenvalue weighted by Crippen LogP contribution is 2.22. The molecule has 0 radical (unpaired) electrons. The van der Waals surface area contributed by atoms with E-state index in [1.807, 2.05) is 80.2 Å². The third-order valence-electron chi connectivity index (χ3n) is 4.47. The van der Waals surface area contributed by atoms with E-state index in [0.717, 1.165) is 38.2 Å². The number of aryl methyl sites for hydroxylation is 1. The summed E-state index contributed by atoms with van der Waals surface area (Å²) >= 11 is 6.21. The zero-order valence-corrected chi connectivity index (χ0v) is 16.5. The van der Waals surface area contributed by atoms with Gasteiger partial charge < -0.3 is 10.2 Å². The summed E-state index contributed by atoms with van der Waals surface area (Å²) in [6.07, 6.45) is 0. The second kappa shape index (κ2) is 8.37. The number of carbonyl (C=O) groups is 1. The predicted octanol–water partition coefficient (Wildman–Crippen LogP) is 2.80. The van der Waals surface area contributed by atoms with Crippen molar-refractivity contribution in [3.63, 3.8) is 0 Å². The van der Waals surface area contributed by atoms with Crippen LogP contribution < -0.4 is 10.2 Å². The fourth-order valence-electron chi connectivity index (χ4n) is 3.13. The maximum Gasteiger partial charge on any atom is 0.279 e. The summed E-state index contributed by atoms with van der Waals surface area (Å²) in [6.45, 7) is 4.90. The van der Waals surface area contributed by atoms with Gasteiger partial charge in [0.05, 0.1) is 29.8 Å². The van der Waals surface area contributed by atoms with E-state index in [-0.39, 0.29) is 5.91 Å².